The maximum absolute atomic E-state index is 13.3. The van der Waals surface area contributed by atoms with Gasteiger partial charge in [-0.25, -0.2) is 4.79 Å². The molecule has 3 aliphatic heterocycles. The fraction of sp³-hybridized carbons (Fsp3) is 0.423. The lowest BCUT2D eigenvalue weighted by Gasteiger charge is -2.43. The van der Waals surface area contributed by atoms with Crippen LogP contribution in [0.1, 0.15) is 96.1 Å². The number of phenolic OH excluding ortho intramolecular Hbond substituents is 1. The number of nitrogens with one attached hydrogen (secondary N) is 4. The number of phenols is 1. The number of benzene rings is 4. The summed E-state index contributed by atoms with van der Waals surface area (Å²) in [5, 5.41) is 30.8. The number of aromatic hydroxyl groups is 1. The zero-order valence-electron chi connectivity index (χ0n) is 37.3. The molecule has 3 saturated heterocycles. The average molecular weight is 900 g/mol. The van der Waals surface area contributed by atoms with Crippen molar-refractivity contribution in [2.45, 2.75) is 76.2 Å². The van der Waals surface area contributed by atoms with Gasteiger partial charge in [0, 0.05) is 36.7 Å². The van der Waals surface area contributed by atoms with Crippen LogP contribution in [0.4, 0.5) is 4.79 Å². The zero-order chi connectivity index (χ0) is 45.8. The van der Waals surface area contributed by atoms with E-state index < -0.39 is 18.2 Å². The van der Waals surface area contributed by atoms with Gasteiger partial charge in [0.15, 0.2) is 0 Å². The van der Waals surface area contributed by atoms with Crippen LogP contribution < -0.4 is 26.2 Å². The normalized spacial score (nSPS) is 21.1. The number of aromatic amines is 1. The number of carbonyl (C=O) groups excluding carboxylic acids is 3. The van der Waals surface area contributed by atoms with Crippen molar-refractivity contribution in [2.24, 2.45) is 17.8 Å². The van der Waals surface area contributed by atoms with Crippen molar-refractivity contribution < 1.29 is 38.8 Å². The number of fused-ring (bicyclic) bond motifs is 4. The number of aliphatic hydroxyl groups is 1. The first-order valence-electron chi connectivity index (χ1n) is 23.4. The third-order valence-electron chi connectivity index (χ3n) is 13.4. The van der Waals surface area contributed by atoms with E-state index in [0.29, 0.717) is 73.0 Å². The summed E-state index contributed by atoms with van der Waals surface area (Å²) in [5.74, 6) is 0.873. The Morgan fingerprint density at radius 1 is 0.833 bits per heavy atom. The maximum Gasteiger partial charge on any atom is 0.408 e. The van der Waals surface area contributed by atoms with Crippen LogP contribution in [0.25, 0.3) is 10.9 Å². The summed E-state index contributed by atoms with van der Waals surface area (Å²) >= 11 is 0. The van der Waals surface area contributed by atoms with Crippen molar-refractivity contribution in [2.75, 3.05) is 45.9 Å². The molecule has 4 heterocycles. The number of aromatic nitrogens is 1. The molecule has 0 radical (unpaired) electrons. The molecule has 14 heteroatoms. The number of H-pyrrole nitrogens is 1. The molecule has 6 N–H and O–H groups in total. The summed E-state index contributed by atoms with van der Waals surface area (Å²) in [4.78, 5) is 55.8. The van der Waals surface area contributed by atoms with Gasteiger partial charge in [0.25, 0.3) is 5.91 Å². The fourth-order valence-corrected chi connectivity index (χ4v) is 9.52. The van der Waals surface area contributed by atoms with Crippen LogP contribution in [0.15, 0.2) is 108 Å². The number of carbonyl (C=O) groups is 3. The number of alkyl carbamates (subject to hydrolysis) is 1. The monoisotopic (exact) mass is 899 g/mol. The lowest BCUT2D eigenvalue weighted by atomic mass is 9.82. The smallest absolute Gasteiger partial charge is 0.408 e. The number of hydrogen-bond acceptors (Lipinski definition) is 11. The van der Waals surface area contributed by atoms with Gasteiger partial charge in [-0.15, -0.1) is 0 Å². The molecule has 1 unspecified atom stereocenters. The van der Waals surface area contributed by atoms with Gasteiger partial charge < -0.3 is 45.4 Å². The molecule has 1 aliphatic carbocycles. The highest BCUT2D eigenvalue weighted by Crippen LogP contribution is 2.32. The third kappa shape index (κ3) is 12.2. The second-order valence-corrected chi connectivity index (χ2v) is 17.9. The molecule has 1 aromatic heterocycles. The average Bonchev–Trinajstić information content (AvgIpc) is 3.35. The van der Waals surface area contributed by atoms with Gasteiger partial charge in [-0.05, 0) is 141 Å². The van der Waals surface area contributed by atoms with E-state index in [9.17, 15) is 29.4 Å². The van der Waals surface area contributed by atoms with E-state index in [1.807, 2.05) is 66.7 Å². The van der Waals surface area contributed by atoms with Crippen molar-refractivity contribution in [1.82, 2.24) is 25.8 Å². The van der Waals surface area contributed by atoms with Gasteiger partial charge in [0.1, 0.15) is 24.2 Å². The van der Waals surface area contributed by atoms with Crippen LogP contribution in [0.5, 0.6) is 11.5 Å². The molecule has 3 atom stereocenters. The Balaban J connectivity index is 0.712. The summed E-state index contributed by atoms with van der Waals surface area (Å²) in [6.07, 6.45) is 5.37. The molecule has 0 spiro atoms. The molecular weight excluding hydrogens is 839 g/mol. The number of aliphatic hydroxyl groups excluding tert-OH is 1. The Morgan fingerprint density at radius 3 is 2.36 bits per heavy atom. The number of pyridine rings is 1. The van der Waals surface area contributed by atoms with Crippen molar-refractivity contribution in [3.63, 3.8) is 0 Å². The highest BCUT2D eigenvalue weighted by Gasteiger charge is 2.37. The molecule has 14 nitrogen and oxygen atoms in total. The zero-order valence-corrected chi connectivity index (χ0v) is 37.3. The molecule has 9 rings (SSSR count). The fourth-order valence-electron chi connectivity index (χ4n) is 9.52. The number of piperidine rings is 3. The third-order valence-corrected chi connectivity index (χ3v) is 13.4. The van der Waals surface area contributed by atoms with E-state index in [1.165, 1.54) is 12.1 Å². The SMILES string of the molecule is O=C(NC(c1ccccc1)c1cccc(OCc2ccc(C(=O)NCC3CCC(C(=O)OCCCCNC[C@@H](O)c4ccc(O)c5[nH]c(=O)ccc45)CC3)cc2)c1)O[C@H]1CN2CCC1CC2. The van der Waals surface area contributed by atoms with Gasteiger partial charge in [0.2, 0.25) is 5.56 Å². The van der Waals surface area contributed by atoms with Crippen LogP contribution in [-0.4, -0.2) is 90.0 Å². The number of ether oxygens (including phenoxy) is 3. The van der Waals surface area contributed by atoms with E-state index in [2.05, 4.69) is 25.8 Å². The summed E-state index contributed by atoms with van der Waals surface area (Å²) in [6.45, 7) is 5.05. The second-order valence-electron chi connectivity index (χ2n) is 17.9. The number of nitrogens with zero attached hydrogens (tertiary/aromatic N) is 1. The molecule has 4 aliphatic rings. The Morgan fingerprint density at radius 2 is 1.61 bits per heavy atom. The summed E-state index contributed by atoms with van der Waals surface area (Å²) in [6, 6.07) is 30.6. The van der Waals surface area contributed by atoms with Gasteiger partial charge in [-0.2, -0.15) is 0 Å². The molecule has 5 aromatic rings. The Labute approximate surface area is 385 Å². The van der Waals surface area contributed by atoms with E-state index in [0.717, 1.165) is 81.3 Å². The van der Waals surface area contributed by atoms with Crippen molar-refractivity contribution in [3.05, 3.63) is 141 Å². The van der Waals surface area contributed by atoms with Crippen LogP contribution in [0.3, 0.4) is 0 Å². The lowest BCUT2D eigenvalue weighted by molar-refractivity contribution is -0.150. The van der Waals surface area contributed by atoms with Gasteiger partial charge >= 0.3 is 12.1 Å². The van der Waals surface area contributed by atoms with Gasteiger partial charge in [-0.1, -0.05) is 60.7 Å². The molecule has 1 saturated carbocycles. The highest BCUT2D eigenvalue weighted by molar-refractivity contribution is 5.94. The Hall–Kier alpha value is -6.22. The van der Waals surface area contributed by atoms with Crippen molar-refractivity contribution in [1.29, 1.82) is 0 Å². The van der Waals surface area contributed by atoms with Gasteiger partial charge in [-0.3, -0.25) is 19.3 Å². The minimum absolute atomic E-state index is 0.0514. The minimum atomic E-state index is -0.834. The number of esters is 1. The Bertz CT molecular complexity index is 2460. The second kappa shape index (κ2) is 22.3. The van der Waals surface area contributed by atoms with E-state index in [4.69, 9.17) is 14.2 Å². The first-order valence-corrected chi connectivity index (χ1v) is 23.4. The minimum Gasteiger partial charge on any atom is -0.506 e. The van der Waals surface area contributed by atoms with Gasteiger partial charge in [0.05, 0.1) is 30.2 Å². The van der Waals surface area contributed by atoms with Crippen LogP contribution in [0, 0.1) is 17.8 Å². The van der Waals surface area contributed by atoms with Crippen molar-refractivity contribution in [3.8, 4) is 11.5 Å². The largest absolute Gasteiger partial charge is 0.506 e. The molecule has 2 amide bonds. The number of hydrogen-bond donors (Lipinski definition) is 6. The topological polar surface area (TPSA) is 192 Å². The van der Waals surface area contributed by atoms with Crippen molar-refractivity contribution >= 4 is 28.9 Å². The number of rotatable bonds is 19. The van der Waals surface area contributed by atoms with E-state index >= 15 is 0 Å². The molecule has 4 aromatic carbocycles. The number of amides is 2. The molecule has 4 fully saturated rings. The first kappa shape index (κ1) is 46.3. The standard InChI is InChI=1S/C52H61N5O9/c58-44-21-19-42(43-20-22-47(60)55-49(43)44)45(59)31-53-25-4-5-28-64-51(62)39-17-11-34(12-18-39)30-54-50(61)38-15-13-35(14-16-38)33-65-41-10-6-9-40(29-41)48(37-7-2-1-3-8-37)56-52(63)66-46-32-57-26-23-36(46)24-27-57/h1-3,6-10,13-16,19-22,29,34,36,39,45-46,48,53,58-59H,4-5,11-12,17-18,23-28,30-33H2,(H,54,61)(H,55,60)(H,56,63)/t34?,39?,45-,46+,48?/m1/s1. The summed E-state index contributed by atoms with van der Waals surface area (Å²) in [7, 11) is 0. The van der Waals surface area contributed by atoms with E-state index in [-0.39, 0.29) is 41.1 Å². The summed E-state index contributed by atoms with van der Waals surface area (Å²) in [5.41, 5.74) is 3.87. The molecule has 348 valence electrons. The summed E-state index contributed by atoms with van der Waals surface area (Å²) < 4.78 is 17.8. The Kier molecular flexibility index (Phi) is 15.7. The van der Waals surface area contributed by atoms with Crippen LogP contribution >= 0.6 is 0 Å². The lowest BCUT2D eigenvalue weighted by Crippen LogP contribution is -2.52. The van der Waals surface area contributed by atoms with Crippen LogP contribution in [0.2, 0.25) is 0 Å². The van der Waals surface area contributed by atoms with Crippen LogP contribution in [-0.2, 0) is 20.9 Å². The molecule has 2 bridgehead atoms. The highest BCUT2D eigenvalue weighted by atomic mass is 16.6. The van der Waals surface area contributed by atoms with E-state index in [1.54, 1.807) is 24.3 Å². The maximum atomic E-state index is 13.3. The predicted molar refractivity (Wildman–Crippen MR) is 250 cm³/mol. The quantitative estimate of drug-likeness (QED) is 0.0373. The number of unbranched alkanes of at least 4 members (excludes halogenated alkanes) is 1. The first-order chi connectivity index (χ1) is 32.2. The molecule has 66 heavy (non-hydrogen) atoms. The predicted octanol–water partition coefficient (Wildman–Crippen LogP) is 6.91. The molecular formula is C52H61N5O9.